The van der Waals surface area contributed by atoms with E-state index in [2.05, 4.69) is 6.92 Å². The number of ether oxygens (including phenoxy) is 1. The van der Waals surface area contributed by atoms with Crippen LogP contribution >= 0.6 is 12.4 Å². The predicted octanol–water partition coefficient (Wildman–Crippen LogP) is 3.35. The maximum atomic E-state index is 13.0. The van der Waals surface area contributed by atoms with Gasteiger partial charge in [0.25, 0.3) is 5.91 Å². The molecule has 2 aromatic rings. The lowest BCUT2D eigenvalue weighted by atomic mass is 10.1. The minimum Gasteiger partial charge on any atom is -0.476 e. The summed E-state index contributed by atoms with van der Waals surface area (Å²) in [6.45, 7) is 3.38. The van der Waals surface area contributed by atoms with Gasteiger partial charge in [-0.15, -0.1) is 12.4 Å². The molecule has 25 heavy (non-hydrogen) atoms. The van der Waals surface area contributed by atoms with Crippen LogP contribution < -0.4 is 10.5 Å². The van der Waals surface area contributed by atoms with Crippen LogP contribution in [0.1, 0.15) is 30.6 Å². The predicted molar refractivity (Wildman–Crippen MR) is 102 cm³/mol. The summed E-state index contributed by atoms with van der Waals surface area (Å²) in [7, 11) is 0. The average Bonchev–Trinajstić information content (AvgIpc) is 3.06. The minimum atomic E-state index is -0.635. The number of hydrogen-bond donors (Lipinski definition) is 1. The number of amides is 1. The highest BCUT2D eigenvalue weighted by Gasteiger charge is 2.32. The fourth-order valence-electron chi connectivity index (χ4n) is 3.08. The fourth-order valence-corrected chi connectivity index (χ4v) is 3.08. The molecule has 3 rings (SSSR count). The number of carbonyl (C=O) groups excluding carboxylic acids is 1. The molecule has 4 nitrogen and oxygen atoms in total. The molecule has 1 saturated heterocycles. The molecule has 1 aliphatic heterocycles. The minimum absolute atomic E-state index is 0. The van der Waals surface area contributed by atoms with Crippen molar-refractivity contribution in [1.82, 2.24) is 4.90 Å². The molecule has 2 atom stereocenters. The summed E-state index contributed by atoms with van der Waals surface area (Å²) in [5.74, 6) is 0.755. The van der Waals surface area contributed by atoms with Crippen molar-refractivity contribution >= 4 is 18.3 Å². The van der Waals surface area contributed by atoms with Crippen molar-refractivity contribution in [3.8, 4) is 5.75 Å². The van der Waals surface area contributed by atoms with Crippen LogP contribution in [-0.2, 0) is 11.2 Å². The highest BCUT2D eigenvalue weighted by molar-refractivity contribution is 5.85. The average molecular weight is 361 g/mol. The lowest BCUT2D eigenvalue weighted by Crippen LogP contribution is -2.37. The zero-order valence-corrected chi connectivity index (χ0v) is 15.2. The monoisotopic (exact) mass is 360 g/mol. The van der Waals surface area contributed by atoms with Gasteiger partial charge >= 0.3 is 0 Å². The molecule has 1 heterocycles. The third-order valence-corrected chi connectivity index (χ3v) is 4.46. The van der Waals surface area contributed by atoms with E-state index in [9.17, 15) is 4.79 Å². The van der Waals surface area contributed by atoms with Crippen molar-refractivity contribution in [3.63, 3.8) is 0 Å². The molecule has 0 bridgehead atoms. The van der Waals surface area contributed by atoms with Gasteiger partial charge in [0.2, 0.25) is 6.10 Å². The fraction of sp³-hybridized carbons (Fsp3) is 0.350. The Hall–Kier alpha value is -2.04. The number of benzene rings is 2. The van der Waals surface area contributed by atoms with Gasteiger partial charge in [-0.25, -0.2) is 0 Å². The van der Waals surface area contributed by atoms with E-state index in [4.69, 9.17) is 10.5 Å². The van der Waals surface area contributed by atoms with Gasteiger partial charge < -0.3 is 15.4 Å². The summed E-state index contributed by atoms with van der Waals surface area (Å²) in [6.07, 6.45) is 1.07. The van der Waals surface area contributed by atoms with Gasteiger partial charge in [-0.05, 0) is 24.5 Å². The van der Waals surface area contributed by atoms with Gasteiger partial charge in [0, 0.05) is 24.7 Å². The van der Waals surface area contributed by atoms with Gasteiger partial charge in [-0.2, -0.15) is 0 Å². The number of nitrogens with two attached hydrogens (primary N) is 1. The first-order valence-corrected chi connectivity index (χ1v) is 8.53. The van der Waals surface area contributed by atoms with Crippen molar-refractivity contribution in [1.29, 1.82) is 0 Å². The maximum absolute atomic E-state index is 13.0. The van der Waals surface area contributed by atoms with Gasteiger partial charge in [0.15, 0.2) is 0 Å². The van der Waals surface area contributed by atoms with Crippen LogP contribution in [0.5, 0.6) is 5.75 Å². The third-order valence-electron chi connectivity index (χ3n) is 4.46. The van der Waals surface area contributed by atoms with Crippen molar-refractivity contribution in [2.75, 3.05) is 13.1 Å². The number of rotatable bonds is 5. The molecular weight excluding hydrogens is 336 g/mol. The number of carbonyl (C=O) groups is 1. The van der Waals surface area contributed by atoms with E-state index >= 15 is 0 Å². The smallest absolute Gasteiger partial charge is 0.268 e. The van der Waals surface area contributed by atoms with Gasteiger partial charge in [0.05, 0.1) is 0 Å². The number of halogens is 1. The molecule has 134 valence electrons. The Morgan fingerprint density at radius 3 is 2.52 bits per heavy atom. The highest BCUT2D eigenvalue weighted by Crippen LogP contribution is 2.28. The zero-order chi connectivity index (χ0) is 16.9. The van der Waals surface area contributed by atoms with E-state index < -0.39 is 6.10 Å². The molecule has 1 aliphatic rings. The molecule has 1 fully saturated rings. The molecule has 5 heteroatoms. The lowest BCUT2D eigenvalue weighted by molar-refractivity contribution is -0.138. The van der Waals surface area contributed by atoms with E-state index in [-0.39, 0.29) is 24.4 Å². The number of hydrogen-bond acceptors (Lipinski definition) is 3. The summed E-state index contributed by atoms with van der Waals surface area (Å²) in [5.41, 5.74) is 7.94. The molecule has 1 unspecified atom stereocenters. The third kappa shape index (κ3) is 4.53. The van der Waals surface area contributed by atoms with E-state index in [0.29, 0.717) is 13.1 Å². The molecule has 1 amide bonds. The maximum Gasteiger partial charge on any atom is 0.268 e. The standard InChI is InChI=1S/C20H24N2O2.ClH/c1-2-15-8-6-7-11-18(15)24-19(16-9-4-3-5-10-16)20(23)22-13-12-17(21)14-22;/h3-11,17,19H,2,12-14,21H2,1H3;1H/t17-,19?;/m1./s1. The Kier molecular flexibility index (Phi) is 6.85. The number of aryl methyl sites for hydroxylation is 1. The number of para-hydroxylation sites is 1. The molecular formula is C20H25ClN2O2. The van der Waals surface area contributed by atoms with Crippen LogP contribution in [0.25, 0.3) is 0 Å². The summed E-state index contributed by atoms with van der Waals surface area (Å²) in [5, 5.41) is 0. The highest BCUT2D eigenvalue weighted by atomic mass is 35.5. The number of nitrogens with zero attached hydrogens (tertiary/aromatic N) is 1. The topological polar surface area (TPSA) is 55.6 Å². The van der Waals surface area contributed by atoms with Crippen molar-refractivity contribution in [3.05, 3.63) is 65.7 Å². The SMILES string of the molecule is CCc1ccccc1OC(C(=O)N1CC[C@@H](N)C1)c1ccccc1.Cl. The van der Waals surface area contributed by atoms with E-state index in [0.717, 1.165) is 29.7 Å². The zero-order valence-electron chi connectivity index (χ0n) is 14.4. The summed E-state index contributed by atoms with van der Waals surface area (Å²) in [6, 6.07) is 17.6. The van der Waals surface area contributed by atoms with Crippen LogP contribution in [0.15, 0.2) is 54.6 Å². The number of likely N-dealkylation sites (tertiary alicyclic amines) is 1. The van der Waals surface area contributed by atoms with Crippen molar-refractivity contribution in [2.45, 2.75) is 31.9 Å². The quantitative estimate of drug-likeness (QED) is 0.889. The van der Waals surface area contributed by atoms with E-state index in [1.165, 1.54) is 0 Å². The van der Waals surface area contributed by atoms with Crippen LogP contribution in [0.2, 0.25) is 0 Å². The van der Waals surface area contributed by atoms with Crippen molar-refractivity contribution < 1.29 is 9.53 Å². The summed E-state index contributed by atoms with van der Waals surface area (Å²) >= 11 is 0. The molecule has 2 N–H and O–H groups in total. The second kappa shape index (κ2) is 8.88. The Balaban J connectivity index is 0.00000225. The molecule has 0 aromatic heterocycles. The van der Waals surface area contributed by atoms with Gasteiger partial charge in [0.1, 0.15) is 5.75 Å². The van der Waals surface area contributed by atoms with Crippen LogP contribution in [-0.4, -0.2) is 29.9 Å². The molecule has 0 aliphatic carbocycles. The Bertz CT molecular complexity index is 693. The summed E-state index contributed by atoms with van der Waals surface area (Å²) < 4.78 is 6.20. The van der Waals surface area contributed by atoms with Crippen LogP contribution in [0, 0.1) is 0 Å². The normalized spacial score (nSPS) is 17.7. The Morgan fingerprint density at radius 1 is 1.20 bits per heavy atom. The molecule has 0 spiro atoms. The Labute approximate surface area is 155 Å². The second-order valence-electron chi connectivity index (χ2n) is 6.20. The summed E-state index contributed by atoms with van der Waals surface area (Å²) in [4.78, 5) is 14.9. The molecule has 2 aromatic carbocycles. The molecule has 0 saturated carbocycles. The van der Waals surface area contributed by atoms with Gasteiger partial charge in [-0.1, -0.05) is 55.5 Å². The largest absolute Gasteiger partial charge is 0.476 e. The first-order valence-electron chi connectivity index (χ1n) is 8.53. The first-order chi connectivity index (χ1) is 11.7. The van der Waals surface area contributed by atoms with Crippen LogP contribution in [0.4, 0.5) is 0 Å². The van der Waals surface area contributed by atoms with Crippen molar-refractivity contribution in [2.24, 2.45) is 5.73 Å². The van der Waals surface area contributed by atoms with E-state index in [1.54, 1.807) is 0 Å². The first kappa shape index (κ1) is 19.3. The van der Waals surface area contributed by atoms with Gasteiger partial charge in [-0.3, -0.25) is 4.79 Å². The molecule has 0 radical (unpaired) electrons. The Morgan fingerprint density at radius 2 is 1.88 bits per heavy atom. The lowest BCUT2D eigenvalue weighted by Gasteiger charge is -2.25. The second-order valence-corrected chi connectivity index (χ2v) is 6.20. The van der Waals surface area contributed by atoms with E-state index in [1.807, 2.05) is 59.5 Å². The van der Waals surface area contributed by atoms with Crippen LogP contribution in [0.3, 0.4) is 0 Å².